The summed E-state index contributed by atoms with van der Waals surface area (Å²) < 4.78 is 83.7. The van der Waals surface area contributed by atoms with Crippen molar-refractivity contribution in [2.75, 3.05) is 0 Å². The molecule has 0 spiro atoms. The third-order valence-corrected chi connectivity index (χ3v) is 8.26. The van der Waals surface area contributed by atoms with Crippen molar-refractivity contribution in [3.8, 4) is 34.4 Å². The highest BCUT2D eigenvalue weighted by molar-refractivity contribution is 6.39. The van der Waals surface area contributed by atoms with Gasteiger partial charge in [-0.25, -0.2) is 20.2 Å². The Morgan fingerprint density at radius 1 is 0.583 bits per heavy atom. The van der Waals surface area contributed by atoms with Crippen LogP contribution in [-0.4, -0.2) is 0 Å². The van der Waals surface area contributed by atoms with Gasteiger partial charge in [0.05, 0.1) is 36.4 Å². The van der Waals surface area contributed by atoms with Gasteiger partial charge in [0.15, 0.2) is 0 Å². The van der Waals surface area contributed by atoms with E-state index in [2.05, 4.69) is 9.69 Å². The Hall–Kier alpha value is -6.36. The molecule has 232 valence electrons. The van der Waals surface area contributed by atoms with Crippen LogP contribution in [0.25, 0.3) is 54.2 Å². The van der Waals surface area contributed by atoms with Gasteiger partial charge in [0.25, 0.3) is 11.4 Å². The van der Waals surface area contributed by atoms with Crippen molar-refractivity contribution in [1.82, 2.24) is 0 Å². The van der Waals surface area contributed by atoms with E-state index in [4.69, 9.17) is 13.1 Å². The number of benzene rings is 4. The van der Waals surface area contributed by atoms with E-state index < -0.39 is 23.5 Å². The first-order valence-electron chi connectivity index (χ1n) is 14.2. The summed E-state index contributed by atoms with van der Waals surface area (Å²) in [5.74, 6) is 0. The Kier molecular flexibility index (Phi) is 7.35. The van der Waals surface area contributed by atoms with E-state index in [1.165, 1.54) is 13.8 Å². The molecule has 0 N–H and O–H groups in total. The molecule has 6 rings (SSSR count). The van der Waals surface area contributed by atoms with Crippen molar-refractivity contribution < 1.29 is 26.3 Å². The molecule has 4 nitrogen and oxygen atoms in total. The molecule has 2 aliphatic rings. The number of halogens is 6. The zero-order chi connectivity index (χ0) is 34.7. The fourth-order valence-electron chi connectivity index (χ4n) is 6.53. The molecule has 4 aromatic carbocycles. The van der Waals surface area contributed by atoms with Crippen LogP contribution in [-0.2, 0) is 12.4 Å². The van der Waals surface area contributed by atoms with Crippen molar-refractivity contribution in [3.05, 3.63) is 152 Å². The van der Waals surface area contributed by atoms with Crippen LogP contribution in [0.1, 0.15) is 44.5 Å². The van der Waals surface area contributed by atoms with Gasteiger partial charge in [-0.2, -0.15) is 26.3 Å². The Labute approximate surface area is 271 Å². The lowest BCUT2D eigenvalue weighted by Crippen LogP contribution is -2.06. The number of hydrogen-bond donors (Lipinski definition) is 0. The van der Waals surface area contributed by atoms with Crippen molar-refractivity contribution in [3.63, 3.8) is 0 Å². The maximum Gasteiger partial charge on any atom is 0.416 e. The smallest absolute Gasteiger partial charge is 0.226 e. The summed E-state index contributed by atoms with van der Waals surface area (Å²) in [6.07, 6.45) is -9.34. The molecule has 0 saturated heterocycles. The largest absolute Gasteiger partial charge is 0.416 e. The van der Waals surface area contributed by atoms with Crippen LogP contribution in [0.15, 0.2) is 84.2 Å². The molecule has 0 aromatic heterocycles. The van der Waals surface area contributed by atoms with Gasteiger partial charge in [-0.15, -0.1) is 0 Å². The summed E-state index contributed by atoms with van der Waals surface area (Å²) in [5.41, 5.74) is 0.882. The highest BCUT2D eigenvalue weighted by atomic mass is 19.4. The number of hydrogen-bond acceptors (Lipinski definition) is 2. The van der Waals surface area contributed by atoms with Crippen LogP contribution in [0.5, 0.6) is 0 Å². The average molecular weight is 645 g/mol. The first kappa shape index (κ1) is 31.6. The average Bonchev–Trinajstić information content (AvgIpc) is 3.54. The van der Waals surface area contributed by atoms with Gasteiger partial charge in [-0.05, 0) is 105 Å². The summed E-state index contributed by atoms with van der Waals surface area (Å²) in [5, 5.41) is 20.3. The van der Waals surface area contributed by atoms with Crippen molar-refractivity contribution >= 4 is 22.3 Å². The summed E-state index contributed by atoms with van der Waals surface area (Å²) in [6, 6.07) is 20.3. The van der Waals surface area contributed by atoms with E-state index in [0.717, 1.165) is 24.3 Å². The molecule has 0 bridgehead atoms. The van der Waals surface area contributed by atoms with Gasteiger partial charge in [-0.3, -0.25) is 0 Å². The lowest BCUT2D eigenvalue weighted by Gasteiger charge is -2.19. The fourth-order valence-corrected chi connectivity index (χ4v) is 6.53. The van der Waals surface area contributed by atoms with Crippen LogP contribution in [0, 0.1) is 49.7 Å². The SMILES string of the molecule is [C-]#[N+]/C(C#N)=C1C2=C(/C(=C(\C#N)[N+]#[C-])c3cccc(-c4cc(C)cc(C(F)(F)F)c4)c32)c2c\1cccc2-c1cc(C)cc(C(F)(F)F)c1. The molecular weight excluding hydrogens is 626 g/mol. The number of nitriles is 2. The van der Waals surface area contributed by atoms with Crippen LogP contribution in [0.4, 0.5) is 26.3 Å². The number of fused-ring (bicyclic) bond motifs is 4. The van der Waals surface area contributed by atoms with Crippen LogP contribution in [0.2, 0.25) is 0 Å². The van der Waals surface area contributed by atoms with Gasteiger partial charge in [0.2, 0.25) is 0 Å². The van der Waals surface area contributed by atoms with Crippen molar-refractivity contribution in [2.24, 2.45) is 0 Å². The summed E-state index contributed by atoms with van der Waals surface area (Å²) in [4.78, 5) is 6.90. The minimum absolute atomic E-state index is 0.109. The molecule has 0 fully saturated rings. The van der Waals surface area contributed by atoms with E-state index in [0.29, 0.717) is 33.4 Å². The summed E-state index contributed by atoms with van der Waals surface area (Å²) in [6.45, 7) is 18.7. The number of rotatable bonds is 2. The van der Waals surface area contributed by atoms with Crippen molar-refractivity contribution in [1.29, 1.82) is 10.5 Å². The maximum atomic E-state index is 14.0. The minimum Gasteiger partial charge on any atom is -0.226 e. The number of nitrogens with zero attached hydrogens (tertiary/aromatic N) is 4. The molecule has 0 atom stereocenters. The highest BCUT2D eigenvalue weighted by Crippen LogP contribution is 2.62. The molecule has 0 unspecified atom stereocenters. The molecule has 10 heteroatoms. The first-order chi connectivity index (χ1) is 22.7. The quantitative estimate of drug-likeness (QED) is 0.124. The Morgan fingerprint density at radius 3 is 1.25 bits per heavy atom. The Morgan fingerprint density at radius 2 is 0.938 bits per heavy atom. The van der Waals surface area contributed by atoms with E-state index >= 15 is 0 Å². The van der Waals surface area contributed by atoms with Crippen LogP contribution in [0.3, 0.4) is 0 Å². The van der Waals surface area contributed by atoms with Crippen LogP contribution >= 0.6 is 0 Å². The monoisotopic (exact) mass is 644 g/mol. The standard InChI is InChI=1S/C38H18F6N4/c1-19-11-21(15-23(13-19)37(39,40)41)25-7-5-9-27-31(25)35-34(30(18-46)48-4)28-10-6-8-26(32(28)36(35)33(27)29(17-45)47-3)22-12-20(2)14-24(16-22)38(42,43)44/h5-16H,1-2H3/b33-29-,34-30+. The van der Waals surface area contributed by atoms with Gasteiger partial charge in [0.1, 0.15) is 0 Å². The van der Waals surface area contributed by atoms with Gasteiger partial charge in [0, 0.05) is 11.1 Å². The molecule has 0 heterocycles. The predicted molar refractivity (Wildman–Crippen MR) is 168 cm³/mol. The van der Waals surface area contributed by atoms with E-state index in [-0.39, 0.29) is 55.9 Å². The van der Waals surface area contributed by atoms with E-state index in [1.54, 1.807) is 48.5 Å². The second-order valence-corrected chi connectivity index (χ2v) is 11.3. The number of allylic oxidation sites excluding steroid dienone is 6. The molecule has 0 amide bonds. The third-order valence-electron chi connectivity index (χ3n) is 8.26. The van der Waals surface area contributed by atoms with Gasteiger partial charge in [-0.1, -0.05) is 48.5 Å². The van der Waals surface area contributed by atoms with Gasteiger partial charge >= 0.3 is 12.4 Å². The fraction of sp³-hybridized carbons (Fsp3) is 0.105. The molecule has 2 aliphatic carbocycles. The topological polar surface area (TPSA) is 56.3 Å². The van der Waals surface area contributed by atoms with Crippen molar-refractivity contribution in [2.45, 2.75) is 26.2 Å². The van der Waals surface area contributed by atoms with Crippen LogP contribution < -0.4 is 0 Å². The lowest BCUT2D eigenvalue weighted by molar-refractivity contribution is -0.138. The van der Waals surface area contributed by atoms with E-state index in [9.17, 15) is 36.9 Å². The van der Waals surface area contributed by atoms with E-state index in [1.807, 2.05) is 12.1 Å². The second kappa shape index (κ2) is 11.2. The van der Waals surface area contributed by atoms with Gasteiger partial charge < -0.3 is 0 Å². The normalized spacial score (nSPS) is 15.4. The zero-order valence-electron chi connectivity index (χ0n) is 25.0. The summed E-state index contributed by atoms with van der Waals surface area (Å²) >= 11 is 0. The molecular formula is C38H18F6N4. The predicted octanol–water partition coefficient (Wildman–Crippen LogP) is 10.9. The Bertz CT molecular complexity index is 2180. The molecule has 0 aliphatic heterocycles. The minimum atomic E-state index is -4.67. The zero-order valence-corrected chi connectivity index (χ0v) is 25.0. The summed E-state index contributed by atoms with van der Waals surface area (Å²) in [7, 11) is 0. The number of alkyl halides is 6. The Balaban J connectivity index is 1.81. The first-order valence-corrected chi connectivity index (χ1v) is 14.2. The second-order valence-electron chi connectivity index (χ2n) is 11.3. The lowest BCUT2D eigenvalue weighted by atomic mass is 9.85. The highest BCUT2D eigenvalue weighted by Gasteiger charge is 2.42. The molecule has 0 radical (unpaired) electrons. The maximum absolute atomic E-state index is 14.0. The molecule has 4 aromatic rings. The molecule has 48 heavy (non-hydrogen) atoms. The third kappa shape index (κ3) is 4.92. The number of aryl methyl sites for hydroxylation is 2. The molecule has 0 saturated carbocycles.